The van der Waals surface area contributed by atoms with Crippen molar-refractivity contribution >= 4 is 11.8 Å². The molecule has 2 saturated carbocycles. The molecule has 15 heavy (non-hydrogen) atoms. The van der Waals surface area contributed by atoms with E-state index in [1.165, 1.54) is 12.8 Å². The fourth-order valence-corrected chi connectivity index (χ4v) is 2.24. The fraction of sp³-hybridized carbons (Fsp3) is 0.818. The first-order valence-electron chi connectivity index (χ1n) is 5.82. The van der Waals surface area contributed by atoms with Crippen LogP contribution in [-0.4, -0.2) is 35.8 Å². The van der Waals surface area contributed by atoms with Crippen molar-refractivity contribution in [2.24, 2.45) is 11.8 Å². The van der Waals surface area contributed by atoms with E-state index in [-0.39, 0.29) is 24.4 Å². The van der Waals surface area contributed by atoms with E-state index in [1.807, 2.05) is 0 Å². The lowest BCUT2D eigenvalue weighted by molar-refractivity contribution is -0.145. The number of nitrogens with one attached hydrogen (secondary N) is 1. The molecule has 4 heteroatoms. The quantitative estimate of drug-likeness (QED) is 0.717. The molecule has 2 amide bonds. The molecule has 0 aromatic rings. The Balaban J connectivity index is 1.69. The zero-order chi connectivity index (χ0) is 10.4. The molecule has 3 fully saturated rings. The Labute approximate surface area is 89.0 Å². The first-order valence-corrected chi connectivity index (χ1v) is 5.82. The summed E-state index contributed by atoms with van der Waals surface area (Å²) >= 11 is 0. The molecule has 2 aliphatic carbocycles. The molecule has 4 nitrogen and oxygen atoms in total. The highest BCUT2D eigenvalue weighted by Gasteiger charge is 2.43. The highest BCUT2D eigenvalue weighted by molar-refractivity contribution is 5.95. The Hall–Kier alpha value is -1.06. The normalized spacial score (nSPS) is 31.7. The smallest absolute Gasteiger partial charge is 0.245 e. The minimum atomic E-state index is -0.204. The molecule has 1 atom stereocenters. The summed E-state index contributed by atoms with van der Waals surface area (Å²) in [5, 5.41) is 2.82. The van der Waals surface area contributed by atoms with E-state index in [2.05, 4.69) is 5.32 Å². The molecule has 3 aliphatic rings. The van der Waals surface area contributed by atoms with Gasteiger partial charge in [-0.1, -0.05) is 0 Å². The minimum Gasteiger partial charge on any atom is -0.342 e. The van der Waals surface area contributed by atoms with Crippen LogP contribution in [0.1, 0.15) is 25.7 Å². The molecular weight excluding hydrogens is 192 g/mol. The average Bonchev–Trinajstić information content (AvgIpc) is 3.01. The maximum Gasteiger partial charge on any atom is 0.245 e. The number of rotatable bonds is 3. The third kappa shape index (κ3) is 1.85. The van der Waals surface area contributed by atoms with Crippen molar-refractivity contribution in [3.63, 3.8) is 0 Å². The molecule has 1 heterocycles. The third-order valence-electron chi connectivity index (χ3n) is 3.50. The monoisotopic (exact) mass is 208 g/mol. The van der Waals surface area contributed by atoms with Gasteiger partial charge in [-0.2, -0.15) is 0 Å². The van der Waals surface area contributed by atoms with Crippen LogP contribution in [0.2, 0.25) is 0 Å². The summed E-state index contributed by atoms with van der Waals surface area (Å²) in [6.45, 7) is 1.08. The number of hydrogen-bond acceptors (Lipinski definition) is 2. The predicted octanol–water partition coefficient (Wildman–Crippen LogP) is 0.133. The minimum absolute atomic E-state index is 0.0205. The first kappa shape index (κ1) is 9.19. The van der Waals surface area contributed by atoms with Gasteiger partial charge in [-0.15, -0.1) is 0 Å². The molecule has 3 rings (SSSR count). The van der Waals surface area contributed by atoms with Crippen molar-refractivity contribution in [1.82, 2.24) is 10.2 Å². The van der Waals surface area contributed by atoms with Crippen molar-refractivity contribution < 1.29 is 9.59 Å². The number of nitrogens with zero attached hydrogens (tertiary/aromatic N) is 1. The van der Waals surface area contributed by atoms with Crippen molar-refractivity contribution in [3.8, 4) is 0 Å². The Kier molecular flexibility index (Phi) is 1.97. The van der Waals surface area contributed by atoms with Crippen LogP contribution in [0.3, 0.4) is 0 Å². The summed E-state index contributed by atoms with van der Waals surface area (Å²) in [6.07, 6.45) is 4.63. The van der Waals surface area contributed by atoms with Crippen LogP contribution in [-0.2, 0) is 9.59 Å². The molecule has 0 spiro atoms. The highest BCUT2D eigenvalue weighted by atomic mass is 16.2. The maximum absolute atomic E-state index is 12.0. The Morgan fingerprint density at radius 1 is 1.20 bits per heavy atom. The van der Waals surface area contributed by atoms with Crippen LogP contribution >= 0.6 is 0 Å². The third-order valence-corrected chi connectivity index (χ3v) is 3.50. The van der Waals surface area contributed by atoms with Gasteiger partial charge in [0.05, 0.1) is 6.54 Å². The van der Waals surface area contributed by atoms with Gasteiger partial charge in [-0.3, -0.25) is 9.59 Å². The Bertz CT molecular complexity index is 308. The topological polar surface area (TPSA) is 49.4 Å². The van der Waals surface area contributed by atoms with Gasteiger partial charge in [0.1, 0.15) is 6.04 Å². The lowest BCUT2D eigenvalue weighted by Crippen LogP contribution is -2.59. The fourth-order valence-electron chi connectivity index (χ4n) is 2.24. The van der Waals surface area contributed by atoms with Gasteiger partial charge in [0.2, 0.25) is 11.8 Å². The number of amides is 2. The molecule has 0 bridgehead atoms. The van der Waals surface area contributed by atoms with E-state index in [1.54, 1.807) is 4.90 Å². The van der Waals surface area contributed by atoms with E-state index < -0.39 is 0 Å². The van der Waals surface area contributed by atoms with Gasteiger partial charge < -0.3 is 10.2 Å². The SMILES string of the molecule is O=C1CN(CC2CC2)C(=O)C(C2CC2)N1. The van der Waals surface area contributed by atoms with E-state index in [4.69, 9.17) is 0 Å². The van der Waals surface area contributed by atoms with E-state index in [0.717, 1.165) is 19.4 Å². The summed E-state index contributed by atoms with van der Waals surface area (Å²) < 4.78 is 0. The average molecular weight is 208 g/mol. The van der Waals surface area contributed by atoms with Gasteiger partial charge in [0, 0.05) is 6.54 Å². The second-order valence-corrected chi connectivity index (χ2v) is 5.04. The molecule has 0 aromatic heterocycles. The summed E-state index contributed by atoms with van der Waals surface area (Å²) in [6, 6.07) is -0.204. The molecule has 82 valence electrons. The highest BCUT2D eigenvalue weighted by Crippen LogP contribution is 2.35. The van der Waals surface area contributed by atoms with Crippen molar-refractivity contribution in [2.45, 2.75) is 31.7 Å². The largest absolute Gasteiger partial charge is 0.342 e. The lowest BCUT2D eigenvalue weighted by Gasteiger charge is -2.32. The lowest BCUT2D eigenvalue weighted by atomic mass is 10.1. The standard InChI is InChI=1S/C11H16N2O2/c14-9-6-13(5-7-1-2-7)11(15)10(12-9)8-3-4-8/h7-8,10H,1-6H2,(H,12,14). The van der Waals surface area contributed by atoms with E-state index in [9.17, 15) is 9.59 Å². The summed E-state index contributed by atoms with van der Waals surface area (Å²) in [4.78, 5) is 25.2. The van der Waals surface area contributed by atoms with Crippen LogP contribution < -0.4 is 5.32 Å². The van der Waals surface area contributed by atoms with Gasteiger partial charge in [-0.05, 0) is 37.5 Å². The van der Waals surface area contributed by atoms with Crippen LogP contribution in [0.25, 0.3) is 0 Å². The van der Waals surface area contributed by atoms with Crippen molar-refractivity contribution in [1.29, 1.82) is 0 Å². The Morgan fingerprint density at radius 2 is 1.93 bits per heavy atom. The van der Waals surface area contributed by atoms with E-state index >= 15 is 0 Å². The molecule has 0 aromatic carbocycles. The van der Waals surface area contributed by atoms with Gasteiger partial charge in [0.15, 0.2) is 0 Å². The second-order valence-electron chi connectivity index (χ2n) is 5.04. The molecule has 1 N–H and O–H groups in total. The number of carbonyl (C=O) groups excluding carboxylic acids is 2. The molecule has 1 unspecified atom stereocenters. The summed E-state index contributed by atoms with van der Waals surface area (Å²) in [7, 11) is 0. The predicted molar refractivity (Wildman–Crippen MR) is 54.0 cm³/mol. The first-order chi connectivity index (χ1) is 7.24. The van der Waals surface area contributed by atoms with Crippen LogP contribution in [0, 0.1) is 11.8 Å². The molecular formula is C11H16N2O2. The Morgan fingerprint density at radius 3 is 2.53 bits per heavy atom. The van der Waals surface area contributed by atoms with Gasteiger partial charge in [-0.25, -0.2) is 0 Å². The second kappa shape index (κ2) is 3.22. The van der Waals surface area contributed by atoms with Crippen LogP contribution in [0.15, 0.2) is 0 Å². The van der Waals surface area contributed by atoms with Crippen molar-refractivity contribution in [3.05, 3.63) is 0 Å². The maximum atomic E-state index is 12.0. The van der Waals surface area contributed by atoms with Gasteiger partial charge in [0.25, 0.3) is 0 Å². The number of hydrogen-bond donors (Lipinski definition) is 1. The summed E-state index contributed by atoms with van der Waals surface area (Å²) in [5.74, 6) is 1.26. The van der Waals surface area contributed by atoms with Crippen LogP contribution in [0.4, 0.5) is 0 Å². The zero-order valence-corrected chi connectivity index (χ0v) is 8.74. The number of piperazine rings is 1. The number of carbonyl (C=O) groups is 2. The summed E-state index contributed by atoms with van der Waals surface area (Å²) in [5.41, 5.74) is 0. The zero-order valence-electron chi connectivity index (χ0n) is 8.74. The van der Waals surface area contributed by atoms with Crippen LogP contribution in [0.5, 0.6) is 0 Å². The molecule has 1 aliphatic heterocycles. The van der Waals surface area contributed by atoms with Crippen molar-refractivity contribution in [2.75, 3.05) is 13.1 Å². The molecule has 0 radical (unpaired) electrons. The van der Waals surface area contributed by atoms with Gasteiger partial charge >= 0.3 is 0 Å². The van der Waals surface area contributed by atoms with E-state index in [0.29, 0.717) is 11.8 Å². The molecule has 1 saturated heterocycles.